The average molecular weight is 480 g/mol. The number of carbonyl (C=O) groups is 1. The van der Waals surface area contributed by atoms with Gasteiger partial charge in [-0.3, -0.25) is 4.79 Å². The van der Waals surface area contributed by atoms with Gasteiger partial charge >= 0.3 is 0 Å². The first-order valence-electron chi connectivity index (χ1n) is 13.1. The van der Waals surface area contributed by atoms with E-state index < -0.39 is 6.10 Å². The van der Waals surface area contributed by atoms with Crippen molar-refractivity contribution in [1.82, 2.24) is 10.6 Å². The lowest BCUT2D eigenvalue weighted by Crippen LogP contribution is -2.49. The van der Waals surface area contributed by atoms with Gasteiger partial charge in [-0.05, 0) is 56.7 Å². The van der Waals surface area contributed by atoms with E-state index in [1.807, 2.05) is 30.3 Å². The molecule has 3 N–H and O–H groups in total. The number of aliphatic hydroxyl groups excluding tert-OH is 1. The maximum atomic E-state index is 11.9. The van der Waals surface area contributed by atoms with Gasteiger partial charge in [0.1, 0.15) is 11.4 Å². The summed E-state index contributed by atoms with van der Waals surface area (Å²) in [5.41, 5.74) is 4.46. The Morgan fingerprint density at radius 2 is 1.89 bits per heavy atom. The lowest BCUT2D eigenvalue weighted by molar-refractivity contribution is -0.120. The van der Waals surface area contributed by atoms with Crippen molar-refractivity contribution < 1.29 is 14.6 Å². The van der Waals surface area contributed by atoms with Gasteiger partial charge in [0.2, 0.25) is 5.91 Å². The molecule has 1 amide bonds. The Kier molecular flexibility index (Phi) is 8.02. The van der Waals surface area contributed by atoms with Crippen molar-refractivity contribution in [3.63, 3.8) is 0 Å². The number of aryl methyl sites for hydroxylation is 1. The maximum Gasteiger partial charge on any atom is 0.217 e. The molecule has 2 aromatic rings. The van der Waals surface area contributed by atoms with Crippen LogP contribution in [-0.4, -0.2) is 48.4 Å². The minimum Gasteiger partial charge on any atom is -0.485 e. The van der Waals surface area contributed by atoms with E-state index in [1.54, 1.807) is 0 Å². The number of fused-ring (bicyclic) bond motifs is 1. The number of anilines is 1. The van der Waals surface area contributed by atoms with Crippen LogP contribution in [0.15, 0.2) is 42.5 Å². The summed E-state index contributed by atoms with van der Waals surface area (Å²) in [6.45, 7) is 10.5. The summed E-state index contributed by atoms with van der Waals surface area (Å²) in [5, 5.41) is 17.7. The minimum atomic E-state index is -0.721. The fourth-order valence-electron chi connectivity index (χ4n) is 5.38. The van der Waals surface area contributed by atoms with Gasteiger partial charge in [-0.1, -0.05) is 43.3 Å². The van der Waals surface area contributed by atoms with Crippen molar-refractivity contribution in [3.05, 3.63) is 59.2 Å². The van der Waals surface area contributed by atoms with Gasteiger partial charge in [0.15, 0.2) is 0 Å². The number of hydrogen-bond acceptors (Lipinski definition) is 5. The minimum absolute atomic E-state index is 0.0611. The molecule has 0 unspecified atom stereocenters. The molecule has 2 aromatic carbocycles. The normalized spacial score (nSPS) is 20.6. The van der Waals surface area contributed by atoms with Crippen LogP contribution in [0.3, 0.4) is 0 Å². The number of benzene rings is 2. The zero-order valence-electron chi connectivity index (χ0n) is 21.6. The first kappa shape index (κ1) is 25.5. The largest absolute Gasteiger partial charge is 0.485 e. The van der Waals surface area contributed by atoms with Crippen LogP contribution >= 0.6 is 0 Å². The van der Waals surface area contributed by atoms with Crippen LogP contribution in [0.4, 0.5) is 5.69 Å². The Hall–Kier alpha value is -2.57. The van der Waals surface area contributed by atoms with Gasteiger partial charge in [0, 0.05) is 44.6 Å². The van der Waals surface area contributed by atoms with Crippen LogP contribution in [0.2, 0.25) is 0 Å². The Morgan fingerprint density at radius 1 is 1.17 bits per heavy atom. The predicted molar refractivity (Wildman–Crippen MR) is 141 cm³/mol. The van der Waals surface area contributed by atoms with Gasteiger partial charge in [-0.2, -0.15) is 0 Å². The first-order valence-corrected chi connectivity index (χ1v) is 13.1. The van der Waals surface area contributed by atoms with Gasteiger partial charge in [0.05, 0.1) is 17.8 Å². The van der Waals surface area contributed by atoms with E-state index in [2.05, 4.69) is 48.4 Å². The van der Waals surface area contributed by atoms with Crippen LogP contribution in [0.5, 0.6) is 5.75 Å². The van der Waals surface area contributed by atoms with E-state index in [9.17, 15) is 9.90 Å². The molecule has 2 heterocycles. The fraction of sp³-hybridized carbons (Fsp3) is 0.552. The van der Waals surface area contributed by atoms with Crippen molar-refractivity contribution in [1.29, 1.82) is 0 Å². The van der Waals surface area contributed by atoms with E-state index in [0.29, 0.717) is 13.0 Å². The van der Waals surface area contributed by atoms with E-state index in [0.717, 1.165) is 37.2 Å². The highest BCUT2D eigenvalue weighted by Crippen LogP contribution is 2.46. The Morgan fingerprint density at radius 3 is 2.54 bits per heavy atom. The monoisotopic (exact) mass is 479 g/mol. The van der Waals surface area contributed by atoms with Crippen LogP contribution in [-0.2, 0) is 17.6 Å². The molecule has 1 fully saturated rings. The second kappa shape index (κ2) is 11.0. The number of nitrogens with zero attached hydrogens (tertiary/aromatic N) is 1. The summed E-state index contributed by atoms with van der Waals surface area (Å²) in [5.74, 6) is 0.848. The highest BCUT2D eigenvalue weighted by atomic mass is 16.5. The average Bonchev–Trinajstić information content (AvgIpc) is 3.36. The zero-order valence-corrected chi connectivity index (χ0v) is 21.6. The highest BCUT2D eigenvalue weighted by Gasteiger charge is 2.37. The third kappa shape index (κ3) is 6.36. The van der Waals surface area contributed by atoms with E-state index in [4.69, 9.17) is 4.74 Å². The molecule has 4 rings (SSSR count). The van der Waals surface area contributed by atoms with E-state index >= 15 is 0 Å². The van der Waals surface area contributed by atoms with Crippen LogP contribution in [0, 0.1) is 0 Å². The van der Waals surface area contributed by atoms with Crippen LogP contribution < -0.4 is 20.3 Å². The Bertz CT molecular complexity index is 1000. The fourth-order valence-corrected chi connectivity index (χ4v) is 5.38. The van der Waals surface area contributed by atoms with Crippen molar-refractivity contribution in [2.24, 2.45) is 0 Å². The Balaban J connectivity index is 1.55. The molecule has 6 nitrogen and oxygen atoms in total. The lowest BCUT2D eigenvalue weighted by Gasteiger charge is -2.41. The third-order valence-corrected chi connectivity index (χ3v) is 7.19. The molecule has 0 saturated carbocycles. The topological polar surface area (TPSA) is 73.8 Å². The number of carbonyl (C=O) groups excluding carboxylic acids is 1. The molecule has 2 aliphatic rings. The van der Waals surface area contributed by atoms with Crippen molar-refractivity contribution in [2.75, 3.05) is 24.5 Å². The second-order valence-corrected chi connectivity index (χ2v) is 10.7. The summed E-state index contributed by atoms with van der Waals surface area (Å²) < 4.78 is 6.58. The second-order valence-electron chi connectivity index (χ2n) is 10.7. The smallest absolute Gasteiger partial charge is 0.217 e. The van der Waals surface area contributed by atoms with Gasteiger partial charge < -0.3 is 25.4 Å². The highest BCUT2D eigenvalue weighted by molar-refractivity contribution is 5.73. The summed E-state index contributed by atoms with van der Waals surface area (Å²) >= 11 is 0. The molecule has 190 valence electrons. The van der Waals surface area contributed by atoms with Crippen molar-refractivity contribution in [2.45, 2.75) is 83.6 Å². The van der Waals surface area contributed by atoms with Crippen LogP contribution in [0.25, 0.3) is 0 Å². The summed E-state index contributed by atoms with van der Waals surface area (Å²) in [6.07, 6.45) is 4.07. The number of amides is 1. The Labute approximate surface area is 210 Å². The molecule has 0 spiro atoms. The lowest BCUT2D eigenvalue weighted by atomic mass is 9.87. The summed E-state index contributed by atoms with van der Waals surface area (Å²) in [4.78, 5) is 14.3. The molecular formula is C29H41N3O3. The number of ether oxygens (including phenoxy) is 1. The SMILES string of the molecule is CCc1cc2c(c(N3CCCC3)c1)OC(C)(C)C[C@@H]2NC[C@H](O)[C@H](Cc1ccccc1)NC(C)=O. The quantitative estimate of drug-likeness (QED) is 0.504. The number of hydrogen-bond donors (Lipinski definition) is 3. The zero-order chi connectivity index (χ0) is 25.0. The third-order valence-electron chi connectivity index (χ3n) is 7.19. The molecule has 35 heavy (non-hydrogen) atoms. The summed E-state index contributed by atoms with van der Waals surface area (Å²) in [6, 6.07) is 14.2. The van der Waals surface area contributed by atoms with Crippen molar-refractivity contribution >= 4 is 11.6 Å². The van der Waals surface area contributed by atoms with Gasteiger partial charge in [0.25, 0.3) is 0 Å². The molecule has 0 aliphatic carbocycles. The molecule has 1 saturated heterocycles. The molecule has 2 aliphatic heterocycles. The van der Waals surface area contributed by atoms with Crippen molar-refractivity contribution in [3.8, 4) is 5.75 Å². The first-order chi connectivity index (χ1) is 16.8. The summed E-state index contributed by atoms with van der Waals surface area (Å²) in [7, 11) is 0. The maximum absolute atomic E-state index is 11.9. The van der Waals surface area contributed by atoms with E-state index in [-0.39, 0.29) is 23.6 Å². The van der Waals surface area contributed by atoms with Crippen LogP contribution in [0.1, 0.15) is 69.7 Å². The molecule has 0 aromatic heterocycles. The molecule has 0 bridgehead atoms. The van der Waals surface area contributed by atoms with E-state index in [1.165, 1.54) is 36.6 Å². The standard InChI is InChI=1S/C29H41N3O3/c1-5-21-15-23-25(18-29(3,4)35-28(23)26(17-21)32-13-9-10-14-32)30-19-27(34)24(31-20(2)33)16-22-11-7-6-8-12-22/h6-8,11-12,15,17,24-25,27,30,34H,5,9-10,13-14,16,18-19H2,1-4H3,(H,31,33)/t24-,25-,27-/m0/s1. The molecule has 0 radical (unpaired) electrons. The number of aliphatic hydroxyl groups is 1. The molecule has 3 atom stereocenters. The number of nitrogens with one attached hydrogen (secondary N) is 2. The molecule has 6 heteroatoms. The number of rotatable bonds is 9. The van der Waals surface area contributed by atoms with Gasteiger partial charge in [-0.15, -0.1) is 0 Å². The predicted octanol–water partition coefficient (Wildman–Crippen LogP) is 4.15. The molecular weight excluding hydrogens is 438 g/mol. The van der Waals surface area contributed by atoms with Gasteiger partial charge in [-0.25, -0.2) is 0 Å².